The second-order valence-corrected chi connectivity index (χ2v) is 9.11. The van der Waals surface area contributed by atoms with Gasteiger partial charge in [0.05, 0.1) is 18.7 Å². The standard InChI is InChI=1S/C20H28N4O4S/c1-5-28-18-9-8-16(12-19(18)29(26,27)24-10-6-7-11-24)21-20(25)13-17-14(2)22-23(4)15(17)3/h8-9,12H,5-7,10-11,13H2,1-4H3,(H,21,25). The zero-order valence-corrected chi connectivity index (χ0v) is 18.2. The van der Waals surface area contributed by atoms with E-state index in [-0.39, 0.29) is 17.2 Å². The predicted octanol–water partition coefficient (Wildman–Crippen LogP) is 2.40. The Morgan fingerprint density at radius 1 is 1.24 bits per heavy atom. The lowest BCUT2D eigenvalue weighted by atomic mass is 10.1. The molecule has 158 valence electrons. The topological polar surface area (TPSA) is 93.5 Å². The molecule has 0 spiro atoms. The first-order valence-electron chi connectivity index (χ1n) is 9.80. The van der Waals surface area contributed by atoms with Gasteiger partial charge in [-0.15, -0.1) is 0 Å². The van der Waals surface area contributed by atoms with Crippen LogP contribution in [0.2, 0.25) is 0 Å². The molecule has 0 radical (unpaired) electrons. The summed E-state index contributed by atoms with van der Waals surface area (Å²) < 4.78 is 34.9. The highest BCUT2D eigenvalue weighted by molar-refractivity contribution is 7.89. The Morgan fingerprint density at radius 2 is 1.93 bits per heavy atom. The predicted molar refractivity (Wildman–Crippen MR) is 111 cm³/mol. The molecule has 1 amide bonds. The lowest BCUT2D eigenvalue weighted by molar-refractivity contribution is -0.115. The minimum absolute atomic E-state index is 0.0905. The highest BCUT2D eigenvalue weighted by Gasteiger charge is 2.30. The third-order valence-electron chi connectivity index (χ3n) is 5.21. The molecule has 8 nitrogen and oxygen atoms in total. The summed E-state index contributed by atoms with van der Waals surface area (Å²) in [4.78, 5) is 12.7. The number of rotatable bonds is 7. The molecule has 1 aliphatic heterocycles. The van der Waals surface area contributed by atoms with E-state index < -0.39 is 10.0 Å². The van der Waals surface area contributed by atoms with E-state index in [0.717, 1.165) is 29.8 Å². The van der Waals surface area contributed by atoms with Gasteiger partial charge in [-0.25, -0.2) is 8.42 Å². The van der Waals surface area contributed by atoms with Crippen LogP contribution in [0.3, 0.4) is 0 Å². The van der Waals surface area contributed by atoms with Gasteiger partial charge in [-0.05, 0) is 51.8 Å². The fraction of sp³-hybridized carbons (Fsp3) is 0.500. The zero-order valence-electron chi connectivity index (χ0n) is 17.4. The molecule has 1 saturated heterocycles. The first-order valence-corrected chi connectivity index (χ1v) is 11.2. The third kappa shape index (κ3) is 4.45. The molecule has 2 heterocycles. The number of aryl methyl sites for hydroxylation is 2. The molecule has 0 saturated carbocycles. The van der Waals surface area contributed by atoms with E-state index in [9.17, 15) is 13.2 Å². The largest absolute Gasteiger partial charge is 0.492 e. The SMILES string of the molecule is CCOc1ccc(NC(=O)Cc2c(C)nn(C)c2C)cc1S(=O)(=O)N1CCCC1. The van der Waals surface area contributed by atoms with Crippen molar-refractivity contribution in [2.24, 2.45) is 7.05 Å². The summed E-state index contributed by atoms with van der Waals surface area (Å²) in [7, 11) is -1.84. The third-order valence-corrected chi connectivity index (χ3v) is 7.13. The van der Waals surface area contributed by atoms with E-state index in [1.54, 1.807) is 23.7 Å². The van der Waals surface area contributed by atoms with E-state index >= 15 is 0 Å². The van der Waals surface area contributed by atoms with Crippen molar-refractivity contribution in [3.8, 4) is 5.75 Å². The number of nitrogens with zero attached hydrogens (tertiary/aromatic N) is 3. The molecule has 1 aromatic carbocycles. The monoisotopic (exact) mass is 420 g/mol. The molecular weight excluding hydrogens is 392 g/mol. The van der Waals surface area contributed by atoms with Gasteiger partial charge < -0.3 is 10.1 Å². The first-order chi connectivity index (χ1) is 13.7. The normalized spacial score (nSPS) is 14.9. The molecule has 1 aromatic heterocycles. The van der Waals surface area contributed by atoms with Crippen LogP contribution in [0, 0.1) is 13.8 Å². The zero-order chi connectivity index (χ0) is 21.2. The molecule has 9 heteroatoms. The fourth-order valence-electron chi connectivity index (χ4n) is 3.57. The molecule has 1 aliphatic rings. The summed E-state index contributed by atoms with van der Waals surface area (Å²) in [6.45, 7) is 6.95. The Bertz CT molecular complexity index is 1010. The second-order valence-electron chi connectivity index (χ2n) is 7.20. The van der Waals surface area contributed by atoms with Crippen molar-refractivity contribution in [3.63, 3.8) is 0 Å². The van der Waals surface area contributed by atoms with E-state index in [4.69, 9.17) is 4.74 Å². The average molecular weight is 421 g/mol. The van der Waals surface area contributed by atoms with E-state index in [2.05, 4.69) is 10.4 Å². The Balaban J connectivity index is 1.85. The van der Waals surface area contributed by atoms with Crippen LogP contribution < -0.4 is 10.1 Å². The number of anilines is 1. The first kappa shape index (κ1) is 21.3. The highest BCUT2D eigenvalue weighted by Crippen LogP contribution is 2.31. The van der Waals surface area contributed by atoms with Gasteiger partial charge in [-0.3, -0.25) is 9.48 Å². The van der Waals surface area contributed by atoms with Gasteiger partial charge in [0.1, 0.15) is 10.6 Å². The minimum atomic E-state index is -3.68. The summed E-state index contributed by atoms with van der Waals surface area (Å²) in [5.41, 5.74) is 3.04. The Morgan fingerprint density at radius 3 is 2.52 bits per heavy atom. The van der Waals surface area contributed by atoms with Crippen molar-refractivity contribution in [1.82, 2.24) is 14.1 Å². The maximum atomic E-state index is 13.1. The molecule has 3 rings (SSSR count). The van der Waals surface area contributed by atoms with Gasteiger partial charge in [-0.1, -0.05) is 0 Å². The van der Waals surface area contributed by atoms with Crippen LogP contribution in [-0.4, -0.2) is 48.1 Å². The maximum Gasteiger partial charge on any atom is 0.246 e. The smallest absolute Gasteiger partial charge is 0.246 e. The van der Waals surface area contributed by atoms with Gasteiger partial charge in [-0.2, -0.15) is 9.40 Å². The van der Waals surface area contributed by atoms with Crippen molar-refractivity contribution in [2.75, 3.05) is 25.0 Å². The molecule has 0 atom stereocenters. The highest BCUT2D eigenvalue weighted by atomic mass is 32.2. The summed E-state index contributed by atoms with van der Waals surface area (Å²) >= 11 is 0. The van der Waals surface area contributed by atoms with Crippen LogP contribution in [0.15, 0.2) is 23.1 Å². The van der Waals surface area contributed by atoms with E-state index in [1.165, 1.54) is 10.4 Å². The van der Waals surface area contributed by atoms with Gasteiger partial charge >= 0.3 is 0 Å². The molecular formula is C20H28N4O4S. The minimum Gasteiger partial charge on any atom is -0.492 e. The van der Waals surface area contributed by atoms with Crippen molar-refractivity contribution in [3.05, 3.63) is 35.2 Å². The van der Waals surface area contributed by atoms with Crippen LogP contribution in [0.4, 0.5) is 5.69 Å². The van der Waals surface area contributed by atoms with E-state index in [1.807, 2.05) is 20.9 Å². The molecule has 1 N–H and O–H groups in total. The van der Waals surface area contributed by atoms with Crippen molar-refractivity contribution < 1.29 is 17.9 Å². The number of ether oxygens (including phenoxy) is 1. The number of nitrogens with one attached hydrogen (secondary N) is 1. The second kappa shape index (κ2) is 8.54. The van der Waals surface area contributed by atoms with Crippen LogP contribution >= 0.6 is 0 Å². The maximum absolute atomic E-state index is 13.1. The molecule has 0 unspecified atom stereocenters. The lowest BCUT2D eigenvalue weighted by Crippen LogP contribution is -2.28. The Kier molecular flexibility index (Phi) is 6.28. The van der Waals surface area contributed by atoms with Crippen LogP contribution in [0.5, 0.6) is 5.75 Å². The number of hydrogen-bond donors (Lipinski definition) is 1. The number of sulfonamides is 1. The van der Waals surface area contributed by atoms with Crippen molar-refractivity contribution >= 4 is 21.6 Å². The summed E-state index contributed by atoms with van der Waals surface area (Å²) in [6, 6.07) is 4.75. The van der Waals surface area contributed by atoms with Crippen molar-refractivity contribution in [2.45, 2.75) is 44.9 Å². The van der Waals surface area contributed by atoms with Gasteiger partial charge in [0.25, 0.3) is 0 Å². The molecule has 2 aromatic rings. The lowest BCUT2D eigenvalue weighted by Gasteiger charge is -2.19. The van der Waals surface area contributed by atoms with Gasteiger partial charge in [0.15, 0.2) is 0 Å². The Hall–Kier alpha value is -2.39. The number of amides is 1. The number of hydrogen-bond acceptors (Lipinski definition) is 5. The average Bonchev–Trinajstić information content (AvgIpc) is 3.29. The van der Waals surface area contributed by atoms with Crippen molar-refractivity contribution in [1.29, 1.82) is 0 Å². The number of aromatic nitrogens is 2. The number of carbonyl (C=O) groups excluding carboxylic acids is 1. The van der Waals surface area contributed by atoms with Crippen LogP contribution in [0.25, 0.3) is 0 Å². The Labute approximate surface area is 171 Å². The van der Waals surface area contributed by atoms with Crippen LogP contribution in [-0.2, 0) is 28.3 Å². The summed E-state index contributed by atoms with van der Waals surface area (Å²) in [5.74, 6) is 0.0780. The van der Waals surface area contributed by atoms with Gasteiger partial charge in [0.2, 0.25) is 15.9 Å². The number of carbonyl (C=O) groups is 1. The fourth-order valence-corrected chi connectivity index (χ4v) is 5.24. The van der Waals surface area contributed by atoms with Crippen LogP contribution in [0.1, 0.15) is 36.7 Å². The summed E-state index contributed by atoms with van der Waals surface area (Å²) in [6.07, 6.45) is 1.87. The quantitative estimate of drug-likeness (QED) is 0.742. The molecule has 1 fully saturated rings. The summed E-state index contributed by atoms with van der Waals surface area (Å²) in [5, 5.41) is 7.14. The molecule has 0 bridgehead atoms. The van der Waals surface area contributed by atoms with Gasteiger partial charge in [0, 0.05) is 37.1 Å². The number of benzene rings is 1. The molecule has 29 heavy (non-hydrogen) atoms. The molecule has 0 aliphatic carbocycles. The van der Waals surface area contributed by atoms with E-state index in [0.29, 0.717) is 31.1 Å².